The molecule has 1 N–H and O–H groups in total. The molecule has 0 aromatic carbocycles. The van der Waals surface area contributed by atoms with Crippen molar-refractivity contribution in [2.45, 2.75) is 19.8 Å². The zero-order chi connectivity index (χ0) is 8.97. The zero-order valence-corrected chi connectivity index (χ0v) is 6.95. The SMILES string of the molecule is CCc1ncccc1CC(=O)O. The van der Waals surface area contributed by atoms with Gasteiger partial charge in [0, 0.05) is 11.9 Å². The van der Waals surface area contributed by atoms with Crippen molar-refractivity contribution in [2.24, 2.45) is 0 Å². The van der Waals surface area contributed by atoms with Gasteiger partial charge in [0.1, 0.15) is 0 Å². The molecule has 0 aliphatic heterocycles. The Hall–Kier alpha value is -1.38. The molecular weight excluding hydrogens is 154 g/mol. The molecule has 0 fully saturated rings. The van der Waals surface area contributed by atoms with E-state index in [1.165, 1.54) is 0 Å². The molecule has 0 aliphatic rings. The molecule has 0 spiro atoms. The van der Waals surface area contributed by atoms with E-state index in [0.29, 0.717) is 0 Å². The highest BCUT2D eigenvalue weighted by Gasteiger charge is 2.04. The summed E-state index contributed by atoms with van der Waals surface area (Å²) in [5, 5.41) is 8.56. The average molecular weight is 165 g/mol. The van der Waals surface area contributed by atoms with Crippen molar-refractivity contribution in [3.63, 3.8) is 0 Å². The van der Waals surface area contributed by atoms with E-state index in [4.69, 9.17) is 5.11 Å². The van der Waals surface area contributed by atoms with Gasteiger partial charge in [-0.3, -0.25) is 9.78 Å². The molecule has 64 valence electrons. The lowest BCUT2D eigenvalue weighted by Crippen LogP contribution is -2.04. The number of pyridine rings is 1. The van der Waals surface area contributed by atoms with Crippen LogP contribution in [0.4, 0.5) is 0 Å². The molecule has 0 saturated carbocycles. The van der Waals surface area contributed by atoms with Crippen molar-refractivity contribution in [1.29, 1.82) is 0 Å². The number of hydrogen-bond acceptors (Lipinski definition) is 2. The summed E-state index contributed by atoms with van der Waals surface area (Å²) in [4.78, 5) is 14.5. The first-order valence-electron chi connectivity index (χ1n) is 3.88. The molecule has 1 rings (SSSR count). The highest BCUT2D eigenvalue weighted by molar-refractivity contribution is 5.70. The number of aromatic nitrogens is 1. The van der Waals surface area contributed by atoms with E-state index in [0.717, 1.165) is 17.7 Å². The predicted octanol–water partition coefficient (Wildman–Crippen LogP) is 1.27. The predicted molar refractivity (Wildman–Crippen MR) is 45.0 cm³/mol. The third-order valence-electron chi connectivity index (χ3n) is 1.66. The van der Waals surface area contributed by atoms with Crippen LogP contribution < -0.4 is 0 Å². The van der Waals surface area contributed by atoms with Crippen LogP contribution in [-0.4, -0.2) is 16.1 Å². The average Bonchev–Trinajstić information content (AvgIpc) is 2.04. The van der Waals surface area contributed by atoms with E-state index >= 15 is 0 Å². The summed E-state index contributed by atoms with van der Waals surface area (Å²) in [7, 11) is 0. The van der Waals surface area contributed by atoms with Gasteiger partial charge in [-0.2, -0.15) is 0 Å². The Morgan fingerprint density at radius 2 is 2.42 bits per heavy atom. The minimum absolute atomic E-state index is 0.0665. The largest absolute Gasteiger partial charge is 0.481 e. The van der Waals surface area contributed by atoms with Crippen LogP contribution in [0.3, 0.4) is 0 Å². The van der Waals surface area contributed by atoms with Crippen molar-refractivity contribution in [3.8, 4) is 0 Å². The monoisotopic (exact) mass is 165 g/mol. The van der Waals surface area contributed by atoms with E-state index in [1.807, 2.05) is 6.92 Å². The molecule has 1 aromatic rings. The van der Waals surface area contributed by atoms with Gasteiger partial charge in [0.2, 0.25) is 0 Å². The van der Waals surface area contributed by atoms with E-state index in [9.17, 15) is 4.79 Å². The van der Waals surface area contributed by atoms with Crippen LogP contribution in [0.2, 0.25) is 0 Å². The molecule has 0 saturated heterocycles. The van der Waals surface area contributed by atoms with Crippen LogP contribution in [0.5, 0.6) is 0 Å². The molecule has 0 bridgehead atoms. The highest BCUT2D eigenvalue weighted by Crippen LogP contribution is 2.06. The first-order valence-corrected chi connectivity index (χ1v) is 3.88. The minimum Gasteiger partial charge on any atom is -0.481 e. The number of carboxylic acid groups (broad SMARTS) is 1. The van der Waals surface area contributed by atoms with Crippen molar-refractivity contribution < 1.29 is 9.90 Å². The number of hydrogen-bond donors (Lipinski definition) is 1. The number of carbonyl (C=O) groups is 1. The lowest BCUT2D eigenvalue weighted by atomic mass is 10.1. The maximum atomic E-state index is 10.4. The number of aliphatic carboxylic acids is 1. The van der Waals surface area contributed by atoms with Crippen molar-refractivity contribution in [3.05, 3.63) is 29.6 Å². The number of aryl methyl sites for hydroxylation is 1. The molecule has 1 heterocycles. The third-order valence-corrected chi connectivity index (χ3v) is 1.66. The van der Waals surface area contributed by atoms with Crippen LogP contribution in [0.25, 0.3) is 0 Å². The van der Waals surface area contributed by atoms with Crippen LogP contribution in [0.1, 0.15) is 18.2 Å². The third kappa shape index (κ3) is 2.05. The van der Waals surface area contributed by atoms with Gasteiger partial charge >= 0.3 is 5.97 Å². The van der Waals surface area contributed by atoms with Crippen molar-refractivity contribution in [1.82, 2.24) is 4.98 Å². The number of rotatable bonds is 3. The van der Waals surface area contributed by atoms with E-state index in [2.05, 4.69) is 4.98 Å². The van der Waals surface area contributed by atoms with Crippen molar-refractivity contribution in [2.75, 3.05) is 0 Å². The standard InChI is InChI=1S/C9H11NO2/c1-2-8-7(6-9(11)12)4-3-5-10-8/h3-5H,2,6H2,1H3,(H,11,12). The Balaban J connectivity index is 2.89. The summed E-state index contributed by atoms with van der Waals surface area (Å²) in [5.41, 5.74) is 1.69. The molecule has 12 heavy (non-hydrogen) atoms. The van der Waals surface area contributed by atoms with Gasteiger partial charge in [0.05, 0.1) is 6.42 Å². The molecule has 0 atom stereocenters. The molecule has 1 aromatic heterocycles. The number of carboxylic acids is 1. The quantitative estimate of drug-likeness (QED) is 0.733. The second-order valence-electron chi connectivity index (χ2n) is 2.53. The Kier molecular flexibility index (Phi) is 2.80. The lowest BCUT2D eigenvalue weighted by Gasteiger charge is -2.02. The Morgan fingerprint density at radius 3 is 3.00 bits per heavy atom. The summed E-state index contributed by atoms with van der Waals surface area (Å²) >= 11 is 0. The van der Waals surface area contributed by atoms with Gasteiger partial charge < -0.3 is 5.11 Å². The molecule has 3 nitrogen and oxygen atoms in total. The summed E-state index contributed by atoms with van der Waals surface area (Å²) in [6.45, 7) is 1.97. The summed E-state index contributed by atoms with van der Waals surface area (Å²) < 4.78 is 0. The molecule has 0 amide bonds. The summed E-state index contributed by atoms with van der Waals surface area (Å²) in [6.07, 6.45) is 2.53. The second kappa shape index (κ2) is 3.85. The maximum absolute atomic E-state index is 10.4. The van der Waals surface area contributed by atoms with Gasteiger partial charge in [0.15, 0.2) is 0 Å². The van der Waals surface area contributed by atoms with Crippen LogP contribution in [0.15, 0.2) is 18.3 Å². The zero-order valence-electron chi connectivity index (χ0n) is 6.95. The van der Waals surface area contributed by atoms with Crippen LogP contribution >= 0.6 is 0 Å². The maximum Gasteiger partial charge on any atom is 0.307 e. The topological polar surface area (TPSA) is 50.2 Å². The fourth-order valence-electron chi connectivity index (χ4n) is 1.11. The number of nitrogens with zero attached hydrogens (tertiary/aromatic N) is 1. The molecule has 0 aliphatic carbocycles. The van der Waals surface area contributed by atoms with Gasteiger partial charge in [-0.25, -0.2) is 0 Å². The van der Waals surface area contributed by atoms with E-state index < -0.39 is 5.97 Å². The van der Waals surface area contributed by atoms with Crippen molar-refractivity contribution >= 4 is 5.97 Å². The fraction of sp³-hybridized carbons (Fsp3) is 0.333. The summed E-state index contributed by atoms with van der Waals surface area (Å²) in [6, 6.07) is 3.57. The Labute approximate surface area is 71.1 Å². The van der Waals surface area contributed by atoms with Gasteiger partial charge in [-0.15, -0.1) is 0 Å². The molecule has 3 heteroatoms. The highest BCUT2D eigenvalue weighted by atomic mass is 16.4. The normalized spacial score (nSPS) is 9.75. The molecular formula is C9H11NO2. The van der Waals surface area contributed by atoms with E-state index in [1.54, 1.807) is 18.3 Å². The molecule has 0 radical (unpaired) electrons. The Morgan fingerprint density at radius 1 is 1.67 bits per heavy atom. The van der Waals surface area contributed by atoms with E-state index in [-0.39, 0.29) is 6.42 Å². The fourth-order valence-corrected chi connectivity index (χ4v) is 1.11. The van der Waals surface area contributed by atoms with Gasteiger partial charge in [0.25, 0.3) is 0 Å². The lowest BCUT2D eigenvalue weighted by molar-refractivity contribution is -0.136. The minimum atomic E-state index is -0.808. The smallest absolute Gasteiger partial charge is 0.307 e. The van der Waals surface area contributed by atoms with Crippen LogP contribution in [0, 0.1) is 0 Å². The van der Waals surface area contributed by atoms with Crippen LogP contribution in [-0.2, 0) is 17.6 Å². The summed E-state index contributed by atoms with van der Waals surface area (Å²) in [5.74, 6) is -0.808. The molecule has 0 unspecified atom stereocenters. The van der Waals surface area contributed by atoms with Gasteiger partial charge in [-0.05, 0) is 18.1 Å². The first-order chi connectivity index (χ1) is 5.74. The Bertz CT molecular complexity index is 284. The second-order valence-corrected chi connectivity index (χ2v) is 2.53. The van der Waals surface area contributed by atoms with Gasteiger partial charge in [-0.1, -0.05) is 13.0 Å². The first kappa shape index (κ1) is 8.71.